The van der Waals surface area contributed by atoms with Crippen LogP contribution in [-0.2, 0) is 25.5 Å². The molecule has 3 rings (SSSR count). The van der Waals surface area contributed by atoms with Crippen LogP contribution < -0.4 is 10.6 Å². The number of carbonyl (C=O) groups is 1. The fraction of sp³-hybridized carbons (Fsp3) is 0.435. The summed E-state index contributed by atoms with van der Waals surface area (Å²) in [5.74, 6) is -0.854. The van der Waals surface area contributed by atoms with Gasteiger partial charge in [-0.2, -0.15) is 0 Å². The smallest absolute Gasteiger partial charge is 0.241 e. The van der Waals surface area contributed by atoms with Crippen molar-refractivity contribution in [2.75, 3.05) is 17.3 Å². The van der Waals surface area contributed by atoms with Crippen LogP contribution in [0.2, 0.25) is 0 Å². The Morgan fingerprint density at radius 2 is 1.55 bits per heavy atom. The Bertz CT molecular complexity index is 1010. The highest BCUT2D eigenvalue weighted by atomic mass is 32.2. The number of nitrogens with two attached hydrogens (primary N) is 1. The maximum absolute atomic E-state index is 12.9. The predicted octanol–water partition coefficient (Wildman–Crippen LogP) is 3.76. The molecule has 2 N–H and O–H groups in total. The van der Waals surface area contributed by atoms with Crippen LogP contribution in [0.4, 0.5) is 5.69 Å². The van der Waals surface area contributed by atoms with Gasteiger partial charge in [0.2, 0.25) is 5.91 Å². The highest BCUT2D eigenvalue weighted by molar-refractivity contribution is 7.91. The molecule has 29 heavy (non-hydrogen) atoms. The third-order valence-electron chi connectivity index (χ3n) is 6.03. The second-order valence-corrected chi connectivity index (χ2v) is 11.0. The van der Waals surface area contributed by atoms with Gasteiger partial charge in [-0.15, -0.1) is 0 Å². The van der Waals surface area contributed by atoms with E-state index < -0.39 is 21.6 Å². The summed E-state index contributed by atoms with van der Waals surface area (Å²) in [7, 11) is -3.69. The number of sulfone groups is 1. The topological polar surface area (TPSA) is 80.5 Å². The van der Waals surface area contributed by atoms with Gasteiger partial charge in [-0.3, -0.25) is 9.69 Å². The van der Waals surface area contributed by atoms with Gasteiger partial charge in [0.1, 0.15) is 5.88 Å². The summed E-state index contributed by atoms with van der Waals surface area (Å²) in [5, 5.41) is 0. The molecule has 0 spiro atoms. The molecule has 0 atom stereocenters. The number of benzene rings is 2. The molecule has 1 aliphatic carbocycles. The summed E-state index contributed by atoms with van der Waals surface area (Å²) in [4.78, 5) is 14.1. The Balaban J connectivity index is 2.06. The van der Waals surface area contributed by atoms with Gasteiger partial charge in [-0.1, -0.05) is 52.0 Å². The van der Waals surface area contributed by atoms with Gasteiger partial charge in [-0.25, -0.2) is 8.42 Å². The molecule has 0 fully saturated rings. The van der Waals surface area contributed by atoms with E-state index in [1.165, 1.54) is 10.5 Å². The SMILES string of the molecule is CC1(C)CCC(C)(C)c2cc(N(CS(=O)(=O)c3ccccc3)C(=O)CN)ccc21. The summed E-state index contributed by atoms with van der Waals surface area (Å²) in [6.07, 6.45) is 2.11. The van der Waals surface area contributed by atoms with Gasteiger partial charge in [0.15, 0.2) is 9.84 Å². The van der Waals surface area contributed by atoms with Crippen molar-refractivity contribution in [2.24, 2.45) is 5.73 Å². The van der Waals surface area contributed by atoms with Gasteiger partial charge in [-0.05, 0) is 59.1 Å². The molecule has 0 heterocycles. The monoisotopic (exact) mass is 414 g/mol. The van der Waals surface area contributed by atoms with Crippen molar-refractivity contribution in [3.05, 3.63) is 59.7 Å². The second-order valence-electron chi connectivity index (χ2n) is 9.08. The van der Waals surface area contributed by atoms with Crippen LogP contribution in [0.1, 0.15) is 51.7 Å². The minimum absolute atomic E-state index is 0.0439. The number of amides is 1. The van der Waals surface area contributed by atoms with Crippen molar-refractivity contribution < 1.29 is 13.2 Å². The van der Waals surface area contributed by atoms with E-state index >= 15 is 0 Å². The van der Waals surface area contributed by atoms with E-state index in [0.717, 1.165) is 18.4 Å². The first-order chi connectivity index (χ1) is 13.5. The van der Waals surface area contributed by atoms with Gasteiger partial charge in [0, 0.05) is 5.69 Å². The molecule has 0 unspecified atom stereocenters. The minimum atomic E-state index is -3.69. The van der Waals surface area contributed by atoms with Crippen LogP contribution in [0.5, 0.6) is 0 Å². The second kappa shape index (κ2) is 7.58. The first-order valence-corrected chi connectivity index (χ1v) is 11.6. The first-order valence-electron chi connectivity index (χ1n) is 9.91. The molecule has 0 bridgehead atoms. The molecule has 1 amide bonds. The van der Waals surface area contributed by atoms with E-state index in [1.807, 2.05) is 18.2 Å². The molecule has 0 saturated heterocycles. The third kappa shape index (κ3) is 4.23. The molecule has 6 heteroatoms. The number of hydrogen-bond acceptors (Lipinski definition) is 4. The van der Waals surface area contributed by atoms with Crippen LogP contribution in [-0.4, -0.2) is 26.7 Å². The molecule has 0 aromatic heterocycles. The summed E-state index contributed by atoms with van der Waals surface area (Å²) in [6.45, 7) is 8.59. The molecule has 0 saturated carbocycles. The Hall–Kier alpha value is -2.18. The lowest BCUT2D eigenvalue weighted by Crippen LogP contribution is -2.40. The molecule has 2 aromatic carbocycles. The molecule has 0 aliphatic heterocycles. The molecule has 0 radical (unpaired) electrons. The molecule has 2 aromatic rings. The van der Waals surface area contributed by atoms with Gasteiger partial charge in [0.05, 0.1) is 11.4 Å². The zero-order valence-corrected chi connectivity index (χ0v) is 18.4. The Labute approximate surface area is 173 Å². The highest BCUT2D eigenvalue weighted by Gasteiger charge is 2.37. The number of hydrogen-bond donors (Lipinski definition) is 1. The van der Waals surface area contributed by atoms with Crippen molar-refractivity contribution in [3.8, 4) is 0 Å². The zero-order valence-electron chi connectivity index (χ0n) is 17.6. The van der Waals surface area contributed by atoms with Gasteiger partial charge in [0.25, 0.3) is 0 Å². The van der Waals surface area contributed by atoms with E-state index in [2.05, 4.69) is 27.7 Å². The van der Waals surface area contributed by atoms with E-state index in [1.54, 1.807) is 30.3 Å². The fourth-order valence-corrected chi connectivity index (χ4v) is 5.37. The summed E-state index contributed by atoms with van der Waals surface area (Å²) < 4.78 is 25.8. The average Bonchev–Trinajstić information content (AvgIpc) is 2.69. The Kier molecular flexibility index (Phi) is 5.62. The number of fused-ring (bicyclic) bond motifs is 1. The number of carbonyl (C=O) groups excluding carboxylic acids is 1. The number of rotatable bonds is 5. The predicted molar refractivity (Wildman–Crippen MR) is 117 cm³/mol. The third-order valence-corrected chi connectivity index (χ3v) is 7.61. The van der Waals surface area contributed by atoms with Crippen molar-refractivity contribution in [1.82, 2.24) is 0 Å². The standard InChI is InChI=1S/C23H30N2O3S/c1-22(2)12-13-23(3,4)20-14-17(10-11-19(20)22)25(21(26)15-24)16-29(27,28)18-8-6-5-7-9-18/h5-11,14H,12-13,15-16,24H2,1-4H3. The fourth-order valence-electron chi connectivity index (χ4n) is 4.02. The number of nitrogens with zero attached hydrogens (tertiary/aromatic N) is 1. The summed E-state index contributed by atoms with van der Waals surface area (Å²) >= 11 is 0. The van der Waals surface area contributed by atoms with E-state index in [4.69, 9.17) is 5.73 Å². The highest BCUT2D eigenvalue weighted by Crippen LogP contribution is 2.46. The summed E-state index contributed by atoms with van der Waals surface area (Å²) in [5.41, 5.74) is 8.61. The molecular weight excluding hydrogens is 384 g/mol. The maximum atomic E-state index is 12.9. The van der Waals surface area contributed by atoms with Crippen LogP contribution in [0.15, 0.2) is 53.4 Å². The van der Waals surface area contributed by atoms with Gasteiger partial charge < -0.3 is 5.73 Å². The molecule has 156 valence electrons. The quantitative estimate of drug-likeness (QED) is 0.808. The largest absolute Gasteiger partial charge is 0.322 e. The normalized spacial score (nSPS) is 17.4. The van der Waals surface area contributed by atoms with E-state index in [-0.39, 0.29) is 22.3 Å². The zero-order chi connectivity index (χ0) is 21.4. The summed E-state index contributed by atoms with van der Waals surface area (Å²) in [6, 6.07) is 14.0. The average molecular weight is 415 g/mol. The Morgan fingerprint density at radius 3 is 2.14 bits per heavy atom. The first kappa shape index (κ1) is 21.5. The lowest BCUT2D eigenvalue weighted by molar-refractivity contribution is -0.117. The lowest BCUT2D eigenvalue weighted by Gasteiger charge is -2.42. The minimum Gasteiger partial charge on any atom is -0.322 e. The van der Waals surface area contributed by atoms with Crippen molar-refractivity contribution in [3.63, 3.8) is 0 Å². The van der Waals surface area contributed by atoms with Crippen molar-refractivity contribution in [2.45, 2.75) is 56.3 Å². The van der Waals surface area contributed by atoms with Crippen LogP contribution in [0.25, 0.3) is 0 Å². The number of anilines is 1. The van der Waals surface area contributed by atoms with E-state index in [0.29, 0.717) is 5.69 Å². The van der Waals surface area contributed by atoms with Crippen LogP contribution in [0, 0.1) is 0 Å². The van der Waals surface area contributed by atoms with E-state index in [9.17, 15) is 13.2 Å². The van der Waals surface area contributed by atoms with Crippen LogP contribution >= 0.6 is 0 Å². The Morgan fingerprint density at radius 1 is 0.966 bits per heavy atom. The van der Waals surface area contributed by atoms with Crippen molar-refractivity contribution >= 4 is 21.4 Å². The maximum Gasteiger partial charge on any atom is 0.241 e. The van der Waals surface area contributed by atoms with Crippen LogP contribution in [0.3, 0.4) is 0 Å². The lowest BCUT2D eigenvalue weighted by atomic mass is 9.63. The molecular formula is C23H30N2O3S. The molecule has 1 aliphatic rings. The molecule has 5 nitrogen and oxygen atoms in total. The van der Waals surface area contributed by atoms with Gasteiger partial charge >= 0.3 is 0 Å². The van der Waals surface area contributed by atoms with Crippen molar-refractivity contribution in [1.29, 1.82) is 0 Å².